The minimum atomic E-state index is 0.499. The highest BCUT2D eigenvalue weighted by atomic mass is 32.1. The largest absolute Gasteiger partial charge is 0.333 e. The molecule has 0 saturated carbocycles. The Morgan fingerprint density at radius 3 is 2.86 bits per heavy atom. The van der Waals surface area contributed by atoms with E-state index in [0.717, 1.165) is 16.3 Å². The molecule has 2 aromatic heterocycles. The van der Waals surface area contributed by atoms with Crippen molar-refractivity contribution < 1.29 is 0 Å². The maximum absolute atomic E-state index is 8.72. The highest BCUT2D eigenvalue weighted by Crippen LogP contribution is 2.28. The summed E-state index contributed by atoms with van der Waals surface area (Å²) in [6.45, 7) is 1.90. The molecule has 5 heteroatoms. The van der Waals surface area contributed by atoms with Crippen molar-refractivity contribution in [2.75, 3.05) is 0 Å². The van der Waals surface area contributed by atoms with E-state index in [4.69, 9.17) is 5.26 Å². The topological polar surface area (TPSA) is 54.5 Å². The molecule has 0 radical (unpaired) electrons. The smallest absolute Gasteiger partial charge is 0.195 e. The molecule has 70 valence electrons. The molecule has 2 heterocycles. The van der Waals surface area contributed by atoms with E-state index in [2.05, 4.69) is 9.97 Å². The number of aryl methyl sites for hydroxylation is 2. The summed E-state index contributed by atoms with van der Waals surface area (Å²) in [6.07, 6.45) is 3.52. The molecule has 0 unspecified atom stereocenters. The van der Waals surface area contributed by atoms with Crippen molar-refractivity contribution in [2.45, 2.75) is 6.92 Å². The predicted octanol–water partition coefficient (Wildman–Crippen LogP) is 1.72. The molecule has 0 aliphatic rings. The molecule has 2 aromatic rings. The average molecular weight is 204 g/mol. The zero-order chi connectivity index (χ0) is 10.1. The van der Waals surface area contributed by atoms with Gasteiger partial charge in [-0.25, -0.2) is 9.97 Å². The molecule has 0 saturated heterocycles. The summed E-state index contributed by atoms with van der Waals surface area (Å²) in [5.41, 5.74) is 1.89. The minimum Gasteiger partial charge on any atom is -0.333 e. The standard InChI is InChI=1S/C9H8N4S/c1-6-9(14-8(3-10)12-6)7-4-11-5-13(7)2/h4-5H,1-2H3. The maximum Gasteiger partial charge on any atom is 0.195 e. The maximum atomic E-state index is 8.72. The molecular formula is C9H8N4S. The third-order valence-electron chi connectivity index (χ3n) is 1.94. The Morgan fingerprint density at radius 1 is 1.57 bits per heavy atom. The van der Waals surface area contributed by atoms with Gasteiger partial charge in [0.05, 0.1) is 28.8 Å². The van der Waals surface area contributed by atoms with Gasteiger partial charge in [-0.05, 0) is 6.92 Å². The summed E-state index contributed by atoms with van der Waals surface area (Å²) in [4.78, 5) is 9.19. The number of aromatic nitrogens is 3. The summed E-state index contributed by atoms with van der Waals surface area (Å²) < 4.78 is 1.92. The Bertz CT molecular complexity index is 503. The lowest BCUT2D eigenvalue weighted by Crippen LogP contribution is -1.88. The Hall–Kier alpha value is -1.67. The quantitative estimate of drug-likeness (QED) is 0.710. The SMILES string of the molecule is Cc1nc(C#N)sc1-c1cncn1C. The fourth-order valence-corrected chi connectivity index (χ4v) is 2.17. The van der Waals surface area contributed by atoms with Gasteiger partial charge in [0.25, 0.3) is 0 Å². The first-order valence-electron chi connectivity index (χ1n) is 4.06. The van der Waals surface area contributed by atoms with Crippen molar-refractivity contribution in [1.82, 2.24) is 14.5 Å². The third-order valence-corrected chi connectivity index (χ3v) is 3.03. The van der Waals surface area contributed by atoms with Crippen LogP contribution in [0.1, 0.15) is 10.7 Å². The van der Waals surface area contributed by atoms with Crippen LogP contribution in [0.2, 0.25) is 0 Å². The van der Waals surface area contributed by atoms with Crippen molar-refractivity contribution in [2.24, 2.45) is 7.05 Å². The van der Waals surface area contributed by atoms with Crippen molar-refractivity contribution in [3.63, 3.8) is 0 Å². The van der Waals surface area contributed by atoms with Gasteiger partial charge in [0.15, 0.2) is 5.01 Å². The van der Waals surface area contributed by atoms with Crippen LogP contribution < -0.4 is 0 Å². The third kappa shape index (κ3) is 1.30. The first kappa shape index (κ1) is 8.91. The Balaban J connectivity index is 2.58. The van der Waals surface area contributed by atoms with E-state index in [1.165, 1.54) is 11.3 Å². The number of nitrogens with zero attached hydrogens (tertiary/aromatic N) is 4. The zero-order valence-electron chi connectivity index (χ0n) is 7.85. The van der Waals surface area contributed by atoms with E-state index in [1.54, 1.807) is 12.5 Å². The molecule has 0 bridgehead atoms. The lowest BCUT2D eigenvalue weighted by molar-refractivity contribution is 0.922. The lowest BCUT2D eigenvalue weighted by atomic mass is 10.3. The second-order valence-electron chi connectivity index (χ2n) is 2.94. The van der Waals surface area contributed by atoms with Crippen LogP contribution in [0.5, 0.6) is 0 Å². The van der Waals surface area contributed by atoms with Gasteiger partial charge in [-0.1, -0.05) is 0 Å². The molecule has 0 atom stereocenters. The second-order valence-corrected chi connectivity index (χ2v) is 3.93. The van der Waals surface area contributed by atoms with Crippen molar-refractivity contribution in [3.8, 4) is 16.6 Å². The van der Waals surface area contributed by atoms with Gasteiger partial charge >= 0.3 is 0 Å². The summed E-state index contributed by atoms with van der Waals surface area (Å²) in [5.74, 6) is 0. The number of thiazole rings is 1. The highest BCUT2D eigenvalue weighted by Gasteiger charge is 2.11. The van der Waals surface area contributed by atoms with Gasteiger partial charge < -0.3 is 4.57 Å². The first-order chi connectivity index (χ1) is 6.72. The lowest BCUT2D eigenvalue weighted by Gasteiger charge is -1.97. The van der Waals surface area contributed by atoms with Crippen molar-refractivity contribution in [3.05, 3.63) is 23.2 Å². The molecular weight excluding hydrogens is 196 g/mol. The fourth-order valence-electron chi connectivity index (χ4n) is 1.26. The minimum absolute atomic E-state index is 0.499. The van der Waals surface area contributed by atoms with Crippen LogP contribution in [-0.2, 0) is 7.05 Å². The first-order valence-corrected chi connectivity index (χ1v) is 4.88. The Kier molecular flexibility index (Phi) is 2.06. The van der Waals surface area contributed by atoms with Gasteiger partial charge in [0.1, 0.15) is 6.07 Å². The number of hydrogen-bond donors (Lipinski definition) is 0. The second kappa shape index (κ2) is 3.24. The molecule has 4 nitrogen and oxygen atoms in total. The van der Waals surface area contributed by atoms with Crippen LogP contribution in [0.3, 0.4) is 0 Å². The van der Waals surface area contributed by atoms with E-state index in [1.807, 2.05) is 24.6 Å². The monoisotopic (exact) mass is 204 g/mol. The van der Waals surface area contributed by atoms with Gasteiger partial charge in [-0.3, -0.25) is 0 Å². The van der Waals surface area contributed by atoms with Crippen LogP contribution >= 0.6 is 11.3 Å². The molecule has 0 aliphatic heterocycles. The van der Waals surface area contributed by atoms with Crippen LogP contribution in [-0.4, -0.2) is 14.5 Å². The summed E-state index contributed by atoms with van der Waals surface area (Å²) in [5, 5.41) is 9.22. The number of nitriles is 1. The van der Waals surface area contributed by atoms with Gasteiger partial charge in [0, 0.05) is 7.05 Å². The molecule has 2 rings (SSSR count). The van der Waals surface area contributed by atoms with Gasteiger partial charge in [0.2, 0.25) is 0 Å². The van der Waals surface area contributed by atoms with E-state index in [0.29, 0.717) is 5.01 Å². The van der Waals surface area contributed by atoms with E-state index in [-0.39, 0.29) is 0 Å². The summed E-state index contributed by atoms with van der Waals surface area (Å²) >= 11 is 1.40. The van der Waals surface area contributed by atoms with Crippen LogP contribution in [0, 0.1) is 18.3 Å². The van der Waals surface area contributed by atoms with Crippen molar-refractivity contribution in [1.29, 1.82) is 5.26 Å². The van der Waals surface area contributed by atoms with Crippen LogP contribution in [0.25, 0.3) is 10.6 Å². The highest BCUT2D eigenvalue weighted by molar-refractivity contribution is 7.15. The average Bonchev–Trinajstić information content (AvgIpc) is 2.72. The molecule has 14 heavy (non-hydrogen) atoms. The van der Waals surface area contributed by atoms with E-state index < -0.39 is 0 Å². The predicted molar refractivity (Wildman–Crippen MR) is 53.8 cm³/mol. The van der Waals surface area contributed by atoms with E-state index >= 15 is 0 Å². The van der Waals surface area contributed by atoms with Gasteiger partial charge in [-0.2, -0.15) is 5.26 Å². The zero-order valence-corrected chi connectivity index (χ0v) is 8.67. The number of hydrogen-bond acceptors (Lipinski definition) is 4. The Labute approximate surface area is 85.5 Å². The van der Waals surface area contributed by atoms with Crippen LogP contribution in [0.4, 0.5) is 0 Å². The van der Waals surface area contributed by atoms with Crippen molar-refractivity contribution >= 4 is 11.3 Å². The molecule has 0 fully saturated rings. The molecule has 0 aromatic carbocycles. The van der Waals surface area contributed by atoms with Gasteiger partial charge in [-0.15, -0.1) is 11.3 Å². The number of rotatable bonds is 1. The van der Waals surface area contributed by atoms with E-state index in [9.17, 15) is 0 Å². The normalized spacial score (nSPS) is 10.1. The van der Waals surface area contributed by atoms with Crippen LogP contribution in [0.15, 0.2) is 12.5 Å². The fraction of sp³-hybridized carbons (Fsp3) is 0.222. The molecule has 0 N–H and O–H groups in total. The Morgan fingerprint density at radius 2 is 2.36 bits per heavy atom. The summed E-state index contributed by atoms with van der Waals surface area (Å²) in [7, 11) is 1.92. The number of imidazole rings is 1. The summed E-state index contributed by atoms with van der Waals surface area (Å²) in [6, 6.07) is 2.05. The molecule has 0 aliphatic carbocycles. The molecule has 0 amide bonds. The molecule has 0 spiro atoms.